The van der Waals surface area contributed by atoms with Crippen LogP contribution >= 0.6 is 0 Å². The first-order valence-electron chi connectivity index (χ1n) is 6.02. The van der Waals surface area contributed by atoms with Gasteiger partial charge >= 0.3 is 5.97 Å². The van der Waals surface area contributed by atoms with E-state index >= 15 is 0 Å². The van der Waals surface area contributed by atoms with Gasteiger partial charge in [-0.25, -0.2) is 4.98 Å². The molecule has 18 heavy (non-hydrogen) atoms. The lowest BCUT2D eigenvalue weighted by Gasteiger charge is -1.99. The highest BCUT2D eigenvalue weighted by Crippen LogP contribution is 2.07. The molecule has 0 atom stereocenters. The molecule has 2 heterocycles. The Hall–Kier alpha value is -1.88. The van der Waals surface area contributed by atoms with E-state index in [0.717, 1.165) is 11.3 Å². The summed E-state index contributed by atoms with van der Waals surface area (Å²) in [7, 11) is 0. The number of carboxylic acids is 1. The molecule has 0 unspecified atom stereocenters. The Labute approximate surface area is 105 Å². The standard InChI is InChI=1S/C13H17N3O2/c1-10-4-5-12-15-11(9-16(12)8-10)7-14-6-2-3-13(17)18/h4-5,8-9,14H,2-3,6-7H2,1H3,(H,17,18). The van der Waals surface area contributed by atoms with Crippen molar-refractivity contribution < 1.29 is 9.90 Å². The Morgan fingerprint density at radius 1 is 1.44 bits per heavy atom. The monoisotopic (exact) mass is 247 g/mol. The van der Waals surface area contributed by atoms with Crippen molar-refractivity contribution in [2.45, 2.75) is 26.3 Å². The van der Waals surface area contributed by atoms with Gasteiger partial charge in [-0.3, -0.25) is 4.79 Å². The Balaban J connectivity index is 1.86. The average Bonchev–Trinajstić information content (AvgIpc) is 2.70. The molecular weight excluding hydrogens is 230 g/mol. The number of aromatic nitrogens is 2. The number of aryl methyl sites for hydroxylation is 1. The van der Waals surface area contributed by atoms with E-state index in [-0.39, 0.29) is 6.42 Å². The van der Waals surface area contributed by atoms with Crippen molar-refractivity contribution in [2.75, 3.05) is 6.54 Å². The zero-order chi connectivity index (χ0) is 13.0. The normalized spacial score (nSPS) is 10.9. The minimum Gasteiger partial charge on any atom is -0.481 e. The third kappa shape index (κ3) is 3.30. The van der Waals surface area contributed by atoms with Gasteiger partial charge in [0.1, 0.15) is 5.65 Å². The molecule has 0 saturated heterocycles. The van der Waals surface area contributed by atoms with Crippen molar-refractivity contribution in [1.82, 2.24) is 14.7 Å². The summed E-state index contributed by atoms with van der Waals surface area (Å²) in [4.78, 5) is 14.8. The highest BCUT2D eigenvalue weighted by atomic mass is 16.4. The summed E-state index contributed by atoms with van der Waals surface area (Å²) in [6.45, 7) is 3.41. The number of nitrogens with zero attached hydrogens (tertiary/aromatic N) is 2. The van der Waals surface area contributed by atoms with Gasteiger partial charge in [0.05, 0.1) is 5.69 Å². The zero-order valence-electron chi connectivity index (χ0n) is 10.4. The van der Waals surface area contributed by atoms with E-state index in [4.69, 9.17) is 5.11 Å². The molecule has 0 bridgehead atoms. The van der Waals surface area contributed by atoms with Gasteiger partial charge in [-0.05, 0) is 31.5 Å². The van der Waals surface area contributed by atoms with Crippen molar-refractivity contribution in [1.29, 1.82) is 0 Å². The van der Waals surface area contributed by atoms with E-state index in [1.807, 2.05) is 35.9 Å². The fourth-order valence-electron chi connectivity index (χ4n) is 1.82. The van der Waals surface area contributed by atoms with Gasteiger partial charge in [0.15, 0.2) is 0 Å². The van der Waals surface area contributed by atoms with Crippen molar-refractivity contribution in [3.05, 3.63) is 35.8 Å². The lowest BCUT2D eigenvalue weighted by atomic mass is 10.3. The number of aliphatic carboxylic acids is 1. The van der Waals surface area contributed by atoms with E-state index in [1.165, 1.54) is 5.56 Å². The number of fused-ring (bicyclic) bond motifs is 1. The first-order chi connectivity index (χ1) is 8.65. The Bertz CT molecular complexity index is 548. The molecule has 5 nitrogen and oxygen atoms in total. The minimum absolute atomic E-state index is 0.206. The number of rotatable bonds is 6. The summed E-state index contributed by atoms with van der Waals surface area (Å²) in [5, 5.41) is 11.7. The largest absolute Gasteiger partial charge is 0.481 e. The summed E-state index contributed by atoms with van der Waals surface area (Å²) >= 11 is 0. The van der Waals surface area contributed by atoms with Gasteiger partial charge in [0.2, 0.25) is 0 Å². The third-order valence-corrected chi connectivity index (χ3v) is 2.70. The van der Waals surface area contributed by atoms with Crippen LogP contribution in [0.3, 0.4) is 0 Å². The van der Waals surface area contributed by atoms with Crippen LogP contribution in [0.4, 0.5) is 0 Å². The van der Waals surface area contributed by atoms with Crippen molar-refractivity contribution in [3.8, 4) is 0 Å². The molecule has 2 aromatic heterocycles. The predicted molar refractivity (Wildman–Crippen MR) is 68.5 cm³/mol. The van der Waals surface area contributed by atoms with Gasteiger partial charge in [0.25, 0.3) is 0 Å². The highest BCUT2D eigenvalue weighted by molar-refractivity contribution is 5.66. The average molecular weight is 247 g/mol. The van der Waals surface area contributed by atoms with E-state index in [2.05, 4.69) is 10.3 Å². The Morgan fingerprint density at radius 3 is 3.06 bits per heavy atom. The molecule has 0 aliphatic heterocycles. The molecule has 2 N–H and O–H groups in total. The molecular formula is C13H17N3O2. The maximum atomic E-state index is 10.3. The van der Waals surface area contributed by atoms with Gasteiger partial charge in [-0.1, -0.05) is 6.07 Å². The van der Waals surface area contributed by atoms with Gasteiger partial charge in [0, 0.05) is 25.4 Å². The summed E-state index contributed by atoms with van der Waals surface area (Å²) < 4.78 is 2.00. The molecule has 0 aliphatic carbocycles. The molecule has 0 radical (unpaired) electrons. The van der Waals surface area contributed by atoms with Crippen LogP contribution in [0.25, 0.3) is 5.65 Å². The second kappa shape index (κ2) is 5.64. The van der Waals surface area contributed by atoms with Crippen LogP contribution < -0.4 is 5.32 Å². The number of carbonyl (C=O) groups is 1. The number of nitrogens with one attached hydrogen (secondary N) is 1. The van der Waals surface area contributed by atoms with Crippen LogP contribution in [0.15, 0.2) is 24.5 Å². The number of hydrogen-bond acceptors (Lipinski definition) is 3. The van der Waals surface area contributed by atoms with Crippen LogP contribution in [0.1, 0.15) is 24.1 Å². The quantitative estimate of drug-likeness (QED) is 0.761. The topological polar surface area (TPSA) is 66.6 Å². The second-order valence-corrected chi connectivity index (χ2v) is 4.38. The van der Waals surface area contributed by atoms with E-state index < -0.39 is 5.97 Å². The Morgan fingerprint density at radius 2 is 2.28 bits per heavy atom. The molecule has 0 spiro atoms. The van der Waals surface area contributed by atoms with E-state index in [1.54, 1.807) is 0 Å². The van der Waals surface area contributed by atoms with Crippen molar-refractivity contribution in [3.63, 3.8) is 0 Å². The minimum atomic E-state index is -0.750. The predicted octanol–water partition coefficient (Wildman–Crippen LogP) is 1.60. The molecule has 2 rings (SSSR count). The Kier molecular flexibility index (Phi) is 3.94. The molecule has 96 valence electrons. The number of imidazole rings is 1. The number of carboxylic acid groups (broad SMARTS) is 1. The summed E-state index contributed by atoms with van der Waals surface area (Å²) in [6, 6.07) is 4.02. The second-order valence-electron chi connectivity index (χ2n) is 4.38. The molecule has 0 amide bonds. The molecule has 5 heteroatoms. The van der Waals surface area contributed by atoms with Crippen LogP contribution in [0.5, 0.6) is 0 Å². The first kappa shape index (κ1) is 12.6. The lowest BCUT2D eigenvalue weighted by Crippen LogP contribution is -2.15. The SMILES string of the molecule is Cc1ccc2nc(CNCCCC(=O)O)cn2c1. The first-order valence-corrected chi connectivity index (χ1v) is 6.02. The summed E-state index contributed by atoms with van der Waals surface area (Å²) in [6.07, 6.45) is 4.88. The fourth-order valence-corrected chi connectivity index (χ4v) is 1.82. The van der Waals surface area contributed by atoms with Crippen molar-refractivity contribution >= 4 is 11.6 Å². The molecule has 0 fully saturated rings. The van der Waals surface area contributed by atoms with Crippen LogP contribution in [-0.4, -0.2) is 27.0 Å². The van der Waals surface area contributed by atoms with Crippen LogP contribution in [0.2, 0.25) is 0 Å². The highest BCUT2D eigenvalue weighted by Gasteiger charge is 2.01. The summed E-state index contributed by atoms with van der Waals surface area (Å²) in [5.74, 6) is -0.750. The van der Waals surface area contributed by atoms with Crippen LogP contribution in [-0.2, 0) is 11.3 Å². The maximum Gasteiger partial charge on any atom is 0.303 e. The summed E-state index contributed by atoms with van der Waals surface area (Å²) in [5.41, 5.74) is 3.10. The smallest absolute Gasteiger partial charge is 0.303 e. The van der Waals surface area contributed by atoms with E-state index in [0.29, 0.717) is 19.5 Å². The van der Waals surface area contributed by atoms with Gasteiger partial charge < -0.3 is 14.8 Å². The van der Waals surface area contributed by atoms with Gasteiger partial charge in [-0.15, -0.1) is 0 Å². The molecule has 0 saturated carbocycles. The van der Waals surface area contributed by atoms with Gasteiger partial charge in [-0.2, -0.15) is 0 Å². The molecule has 0 aliphatic rings. The van der Waals surface area contributed by atoms with Crippen molar-refractivity contribution in [2.24, 2.45) is 0 Å². The lowest BCUT2D eigenvalue weighted by molar-refractivity contribution is -0.137. The maximum absolute atomic E-state index is 10.3. The molecule has 2 aromatic rings. The third-order valence-electron chi connectivity index (χ3n) is 2.70. The zero-order valence-corrected chi connectivity index (χ0v) is 10.4. The molecule has 0 aromatic carbocycles. The van der Waals surface area contributed by atoms with E-state index in [9.17, 15) is 4.79 Å². The fraction of sp³-hybridized carbons (Fsp3) is 0.385. The number of hydrogen-bond donors (Lipinski definition) is 2. The van der Waals surface area contributed by atoms with Crippen LogP contribution in [0, 0.1) is 6.92 Å². The number of pyridine rings is 1.